The second-order valence-electron chi connectivity index (χ2n) is 6.20. The predicted octanol–water partition coefficient (Wildman–Crippen LogP) is 3.01. The maximum Gasteiger partial charge on any atom is 0.417 e. The number of amides is 1. The number of carbonyl (C=O) groups is 1. The van der Waals surface area contributed by atoms with Gasteiger partial charge in [-0.05, 0) is 18.9 Å². The molecule has 0 spiro atoms. The lowest BCUT2D eigenvalue weighted by atomic mass is 10.1. The Kier molecular flexibility index (Phi) is 5.10. The molecule has 1 amide bonds. The zero-order valence-corrected chi connectivity index (χ0v) is 13.7. The molecule has 1 fully saturated rings. The second kappa shape index (κ2) is 7.30. The van der Waals surface area contributed by atoms with Gasteiger partial charge in [-0.15, -0.1) is 0 Å². The zero-order chi connectivity index (χ0) is 18.7. The van der Waals surface area contributed by atoms with Crippen LogP contribution in [0.5, 0.6) is 0 Å². The number of pyridine rings is 1. The van der Waals surface area contributed by atoms with E-state index in [-0.39, 0.29) is 18.8 Å². The van der Waals surface area contributed by atoms with Crippen molar-refractivity contribution in [3.63, 3.8) is 0 Å². The van der Waals surface area contributed by atoms with E-state index in [4.69, 9.17) is 4.52 Å². The third-order valence-corrected chi connectivity index (χ3v) is 4.27. The molecule has 1 saturated carbocycles. The Balaban J connectivity index is 1.58. The van der Waals surface area contributed by atoms with E-state index in [0.717, 1.165) is 25.7 Å². The lowest BCUT2D eigenvalue weighted by molar-refractivity contribution is -0.137. The molecular formula is C16H17F3N4O3. The molecule has 2 aromatic rings. The van der Waals surface area contributed by atoms with Crippen molar-refractivity contribution in [1.82, 2.24) is 15.1 Å². The third kappa shape index (κ3) is 4.30. The number of halogens is 3. The monoisotopic (exact) mass is 370 g/mol. The highest BCUT2D eigenvalue weighted by molar-refractivity contribution is 5.90. The molecule has 0 aliphatic heterocycles. The van der Waals surface area contributed by atoms with Crippen molar-refractivity contribution in [1.29, 1.82) is 0 Å². The van der Waals surface area contributed by atoms with Crippen LogP contribution in [0.25, 0.3) is 0 Å². The summed E-state index contributed by atoms with van der Waals surface area (Å²) in [5.74, 6) is 0.590. The van der Waals surface area contributed by atoms with Crippen molar-refractivity contribution in [2.75, 3.05) is 5.32 Å². The summed E-state index contributed by atoms with van der Waals surface area (Å²) in [4.78, 5) is 29.7. The summed E-state index contributed by atoms with van der Waals surface area (Å²) in [6, 6.07) is 0.599. The number of alkyl halides is 3. The maximum atomic E-state index is 12.7. The topological polar surface area (TPSA) is 101 Å². The molecule has 2 heterocycles. The molecule has 0 bridgehead atoms. The van der Waals surface area contributed by atoms with E-state index in [1.54, 1.807) is 0 Å². The summed E-state index contributed by atoms with van der Waals surface area (Å²) in [6.45, 7) is 0. The van der Waals surface area contributed by atoms with E-state index in [1.807, 2.05) is 4.98 Å². The van der Waals surface area contributed by atoms with Crippen molar-refractivity contribution in [3.8, 4) is 0 Å². The Hall–Kier alpha value is -2.65. The largest absolute Gasteiger partial charge is 0.417 e. The van der Waals surface area contributed by atoms with Gasteiger partial charge in [0, 0.05) is 25.0 Å². The van der Waals surface area contributed by atoms with Gasteiger partial charge in [0.05, 0.1) is 5.56 Å². The van der Waals surface area contributed by atoms with E-state index in [2.05, 4.69) is 15.5 Å². The Morgan fingerprint density at radius 3 is 2.77 bits per heavy atom. The molecule has 2 N–H and O–H groups in total. The summed E-state index contributed by atoms with van der Waals surface area (Å²) < 4.78 is 43.1. The number of H-pyrrole nitrogens is 1. The highest BCUT2D eigenvalue weighted by Gasteiger charge is 2.31. The quantitative estimate of drug-likeness (QED) is 0.843. The summed E-state index contributed by atoms with van der Waals surface area (Å²) in [5.41, 5.74) is -2.32. The van der Waals surface area contributed by atoms with Crippen molar-refractivity contribution in [3.05, 3.63) is 39.9 Å². The Morgan fingerprint density at radius 2 is 2.08 bits per heavy atom. The average molecular weight is 370 g/mol. The number of aryl methyl sites for hydroxylation is 1. The van der Waals surface area contributed by atoms with Gasteiger partial charge in [0.2, 0.25) is 11.8 Å². The fourth-order valence-electron chi connectivity index (χ4n) is 2.89. The normalized spacial score (nSPS) is 15.3. The molecule has 0 atom stereocenters. The number of aromatic amines is 1. The Labute approximate surface area is 146 Å². The molecule has 1 aliphatic rings. The molecule has 0 aromatic carbocycles. The summed E-state index contributed by atoms with van der Waals surface area (Å²) in [7, 11) is 0. The van der Waals surface area contributed by atoms with Crippen molar-refractivity contribution in [2.45, 2.75) is 50.6 Å². The minimum atomic E-state index is -4.62. The van der Waals surface area contributed by atoms with Gasteiger partial charge in [0.25, 0.3) is 5.56 Å². The third-order valence-electron chi connectivity index (χ3n) is 4.27. The van der Waals surface area contributed by atoms with Crippen molar-refractivity contribution >= 4 is 11.6 Å². The summed E-state index contributed by atoms with van der Waals surface area (Å²) in [5, 5.41) is 6.10. The molecule has 10 heteroatoms. The standard InChI is InChI=1S/C16H17F3N4O3/c17-16(18,19)10-7-11(15(25)20-8-10)21-12(24)5-6-13-22-14(23-26-13)9-3-1-2-4-9/h7-9H,1-6H2,(H,20,25)(H,21,24). The van der Waals surface area contributed by atoms with Crippen LogP contribution in [-0.2, 0) is 17.4 Å². The van der Waals surface area contributed by atoms with E-state index >= 15 is 0 Å². The first kappa shape index (κ1) is 18.2. The van der Waals surface area contributed by atoms with Gasteiger partial charge in [-0.1, -0.05) is 18.0 Å². The lowest BCUT2D eigenvalue weighted by Gasteiger charge is -2.08. The predicted molar refractivity (Wildman–Crippen MR) is 84.5 cm³/mol. The van der Waals surface area contributed by atoms with Gasteiger partial charge >= 0.3 is 6.18 Å². The van der Waals surface area contributed by atoms with Crippen LogP contribution in [0.2, 0.25) is 0 Å². The highest BCUT2D eigenvalue weighted by atomic mass is 19.4. The summed E-state index contributed by atoms with van der Waals surface area (Å²) >= 11 is 0. The van der Waals surface area contributed by atoms with Gasteiger partial charge < -0.3 is 14.8 Å². The van der Waals surface area contributed by atoms with Crippen LogP contribution in [0.3, 0.4) is 0 Å². The van der Waals surface area contributed by atoms with Gasteiger partial charge in [0.1, 0.15) is 5.69 Å². The van der Waals surface area contributed by atoms with E-state index in [1.165, 1.54) is 0 Å². The SMILES string of the molecule is O=C(CCc1nc(C2CCCC2)no1)Nc1cc(C(F)(F)F)c[nH]c1=O. The average Bonchev–Trinajstić information content (AvgIpc) is 3.25. The van der Waals surface area contributed by atoms with Crippen LogP contribution in [0.1, 0.15) is 55.3 Å². The number of rotatable bonds is 5. The molecule has 0 saturated heterocycles. The second-order valence-corrected chi connectivity index (χ2v) is 6.20. The fraction of sp³-hybridized carbons (Fsp3) is 0.500. The number of nitrogens with one attached hydrogen (secondary N) is 2. The van der Waals surface area contributed by atoms with E-state index in [9.17, 15) is 22.8 Å². The van der Waals surface area contributed by atoms with Crippen LogP contribution >= 0.6 is 0 Å². The van der Waals surface area contributed by atoms with Crippen molar-refractivity contribution in [2.24, 2.45) is 0 Å². The van der Waals surface area contributed by atoms with Crippen LogP contribution in [0.4, 0.5) is 18.9 Å². The fourth-order valence-corrected chi connectivity index (χ4v) is 2.89. The molecular weight excluding hydrogens is 353 g/mol. The molecule has 2 aromatic heterocycles. The first-order chi connectivity index (χ1) is 12.3. The molecule has 0 radical (unpaired) electrons. The van der Waals surface area contributed by atoms with Crippen LogP contribution < -0.4 is 10.9 Å². The number of anilines is 1. The first-order valence-electron chi connectivity index (χ1n) is 8.25. The van der Waals surface area contributed by atoms with E-state index in [0.29, 0.717) is 24.0 Å². The van der Waals surface area contributed by atoms with Gasteiger partial charge in [0.15, 0.2) is 5.82 Å². The van der Waals surface area contributed by atoms with Crippen molar-refractivity contribution < 1.29 is 22.5 Å². The number of nitrogens with zero attached hydrogens (tertiary/aromatic N) is 2. The molecule has 1 aliphatic carbocycles. The first-order valence-corrected chi connectivity index (χ1v) is 8.25. The smallest absolute Gasteiger partial charge is 0.339 e. The molecule has 140 valence electrons. The lowest BCUT2D eigenvalue weighted by Crippen LogP contribution is -2.21. The van der Waals surface area contributed by atoms with Gasteiger partial charge in [-0.2, -0.15) is 18.2 Å². The van der Waals surface area contributed by atoms with Gasteiger partial charge in [-0.25, -0.2) is 0 Å². The molecule has 0 unspecified atom stereocenters. The van der Waals surface area contributed by atoms with Crippen LogP contribution in [0.15, 0.2) is 21.6 Å². The molecule has 26 heavy (non-hydrogen) atoms. The minimum Gasteiger partial charge on any atom is -0.339 e. The Morgan fingerprint density at radius 1 is 1.35 bits per heavy atom. The van der Waals surface area contributed by atoms with E-state index < -0.39 is 28.9 Å². The van der Waals surface area contributed by atoms with Crippen LogP contribution in [0, 0.1) is 0 Å². The Bertz CT molecular complexity index is 838. The summed E-state index contributed by atoms with van der Waals surface area (Å²) in [6.07, 6.45) is 0.260. The van der Waals surface area contributed by atoms with Crippen LogP contribution in [-0.4, -0.2) is 21.0 Å². The highest BCUT2D eigenvalue weighted by Crippen LogP contribution is 2.32. The zero-order valence-electron chi connectivity index (χ0n) is 13.7. The number of carbonyl (C=O) groups excluding carboxylic acids is 1. The molecule has 7 nitrogen and oxygen atoms in total. The minimum absolute atomic E-state index is 0.0953. The number of aromatic nitrogens is 3. The molecule has 3 rings (SSSR count). The number of hydrogen-bond acceptors (Lipinski definition) is 5. The van der Waals surface area contributed by atoms with Gasteiger partial charge in [-0.3, -0.25) is 9.59 Å². The maximum absolute atomic E-state index is 12.7. The number of hydrogen-bond donors (Lipinski definition) is 2.